The molecule has 0 radical (unpaired) electrons. The van der Waals surface area contributed by atoms with Crippen molar-refractivity contribution in [3.05, 3.63) is 22.3 Å². The van der Waals surface area contributed by atoms with E-state index in [9.17, 15) is 4.80 Å². The molecule has 0 aromatic carbocycles. The zero-order chi connectivity index (χ0) is 17.5. The van der Waals surface area contributed by atoms with Gasteiger partial charge in [-0.1, -0.05) is 13.8 Å². The van der Waals surface area contributed by atoms with Crippen molar-refractivity contribution in [1.82, 2.24) is 14.5 Å². The molecule has 6 heteroatoms. The molecular weight excluding hydrogens is 429 g/mol. The van der Waals surface area contributed by atoms with Crippen molar-refractivity contribution in [2.75, 3.05) is 0 Å². The Morgan fingerprint density at radius 2 is 1.96 bits per heavy atom. The van der Waals surface area contributed by atoms with E-state index in [2.05, 4.69) is 70.3 Å². The largest absolute Gasteiger partial charge is 0.432 e. The van der Waals surface area contributed by atoms with Crippen LogP contribution in [0.2, 0.25) is 18.1 Å². The SMILES string of the molecule is CC(C)(C[C@H]1CC[C@@H](n2cc(I)c3cncnc32)CC1)[Si](C)(C)O. The second kappa shape index (κ2) is 6.68. The van der Waals surface area contributed by atoms with Crippen molar-refractivity contribution >= 4 is 41.9 Å². The maximum absolute atomic E-state index is 10.5. The average molecular weight is 457 g/mol. The molecule has 2 aromatic heterocycles. The van der Waals surface area contributed by atoms with Gasteiger partial charge < -0.3 is 9.36 Å². The molecule has 4 nitrogen and oxygen atoms in total. The fourth-order valence-electron chi connectivity index (χ4n) is 3.83. The molecule has 0 spiro atoms. The van der Waals surface area contributed by atoms with Gasteiger partial charge in [-0.25, -0.2) is 9.97 Å². The first-order chi connectivity index (χ1) is 11.2. The Morgan fingerprint density at radius 3 is 2.58 bits per heavy atom. The molecule has 1 N–H and O–H groups in total. The van der Waals surface area contributed by atoms with Crippen LogP contribution in [-0.4, -0.2) is 27.6 Å². The van der Waals surface area contributed by atoms with E-state index in [1.807, 2.05) is 6.20 Å². The minimum Gasteiger partial charge on any atom is -0.432 e. The summed E-state index contributed by atoms with van der Waals surface area (Å²) in [6, 6.07) is 0.546. The molecule has 0 aliphatic heterocycles. The molecule has 3 rings (SSSR count). The zero-order valence-corrected chi connectivity index (χ0v) is 18.2. The fraction of sp³-hybridized carbons (Fsp3) is 0.667. The molecule has 0 atom stereocenters. The van der Waals surface area contributed by atoms with Crippen molar-refractivity contribution in [3.8, 4) is 0 Å². The highest BCUT2D eigenvalue weighted by Gasteiger charge is 2.40. The lowest BCUT2D eigenvalue weighted by atomic mass is 9.81. The first kappa shape index (κ1) is 18.3. The molecule has 1 aliphatic rings. The van der Waals surface area contributed by atoms with E-state index in [0.29, 0.717) is 6.04 Å². The van der Waals surface area contributed by atoms with Crippen molar-refractivity contribution in [3.63, 3.8) is 0 Å². The Kier molecular flexibility index (Phi) is 5.10. The minimum atomic E-state index is -2.11. The van der Waals surface area contributed by atoms with E-state index in [0.717, 1.165) is 23.4 Å². The lowest BCUT2D eigenvalue weighted by Crippen LogP contribution is -2.40. The van der Waals surface area contributed by atoms with Gasteiger partial charge in [0.15, 0.2) is 8.32 Å². The van der Waals surface area contributed by atoms with Crippen LogP contribution in [0.15, 0.2) is 18.7 Å². The quantitative estimate of drug-likeness (QED) is 0.511. The van der Waals surface area contributed by atoms with Crippen molar-refractivity contribution in [2.24, 2.45) is 5.92 Å². The fourth-order valence-corrected chi connectivity index (χ4v) is 5.30. The molecule has 1 saturated carbocycles. The third kappa shape index (κ3) is 3.55. The normalized spacial score (nSPS) is 22.9. The van der Waals surface area contributed by atoms with E-state index in [-0.39, 0.29) is 5.04 Å². The number of aromatic nitrogens is 3. The Bertz CT molecular complexity index is 715. The summed E-state index contributed by atoms with van der Waals surface area (Å²) in [7, 11) is -2.11. The second-order valence-electron chi connectivity index (χ2n) is 8.47. The van der Waals surface area contributed by atoms with Gasteiger partial charge in [-0.2, -0.15) is 0 Å². The van der Waals surface area contributed by atoms with Gasteiger partial charge in [-0.3, -0.25) is 0 Å². The summed E-state index contributed by atoms with van der Waals surface area (Å²) in [6.07, 6.45) is 11.9. The van der Waals surface area contributed by atoms with Crippen molar-refractivity contribution in [1.29, 1.82) is 0 Å². The van der Waals surface area contributed by atoms with E-state index >= 15 is 0 Å². The standard InChI is InChI=1S/C18H28IN3OSi/c1-18(2,24(3,4)23)9-13-5-7-14(8-6-13)22-11-16(19)15-10-20-12-21-17(15)22/h10-14,23H,5-9H2,1-4H3/t13-,14+. The van der Waals surface area contributed by atoms with Crippen LogP contribution in [0.3, 0.4) is 0 Å². The number of halogens is 1. The Hall–Kier alpha value is -0.473. The molecule has 0 unspecified atom stereocenters. The number of hydrogen-bond acceptors (Lipinski definition) is 3. The smallest absolute Gasteiger partial charge is 0.188 e. The monoisotopic (exact) mass is 457 g/mol. The molecule has 2 heterocycles. The zero-order valence-electron chi connectivity index (χ0n) is 15.1. The lowest BCUT2D eigenvalue weighted by molar-refractivity contribution is 0.244. The summed E-state index contributed by atoms with van der Waals surface area (Å²) in [5.41, 5.74) is 1.07. The molecule has 0 saturated heterocycles. The highest BCUT2D eigenvalue weighted by atomic mass is 127. The molecule has 0 amide bonds. The average Bonchev–Trinajstić information content (AvgIpc) is 2.84. The van der Waals surface area contributed by atoms with Crippen LogP contribution in [0, 0.1) is 9.49 Å². The molecule has 1 fully saturated rings. The second-order valence-corrected chi connectivity index (χ2v) is 14.1. The van der Waals surface area contributed by atoms with Gasteiger partial charge in [0.25, 0.3) is 0 Å². The van der Waals surface area contributed by atoms with E-state index in [4.69, 9.17) is 0 Å². The van der Waals surface area contributed by atoms with E-state index in [1.54, 1.807) is 6.33 Å². The highest BCUT2D eigenvalue weighted by molar-refractivity contribution is 14.1. The predicted octanol–water partition coefficient (Wildman–Crippen LogP) is 5.13. The van der Waals surface area contributed by atoms with E-state index in [1.165, 1.54) is 29.3 Å². The van der Waals surface area contributed by atoms with Crippen LogP contribution in [0.25, 0.3) is 11.0 Å². The van der Waals surface area contributed by atoms with Gasteiger partial charge >= 0.3 is 0 Å². The number of nitrogens with zero attached hydrogens (tertiary/aromatic N) is 3. The van der Waals surface area contributed by atoms with Crippen molar-refractivity contribution < 1.29 is 4.80 Å². The maximum atomic E-state index is 10.5. The molecule has 0 bridgehead atoms. The van der Waals surface area contributed by atoms with Gasteiger partial charge in [0, 0.05) is 22.0 Å². The van der Waals surface area contributed by atoms with Crippen LogP contribution in [0.5, 0.6) is 0 Å². The maximum Gasteiger partial charge on any atom is 0.188 e. The Labute approximate surface area is 159 Å². The predicted molar refractivity (Wildman–Crippen MR) is 110 cm³/mol. The summed E-state index contributed by atoms with van der Waals surface area (Å²) < 4.78 is 3.60. The first-order valence-electron chi connectivity index (χ1n) is 8.87. The summed E-state index contributed by atoms with van der Waals surface area (Å²) in [4.78, 5) is 19.2. The number of fused-ring (bicyclic) bond motifs is 1. The molecular formula is C18H28IN3OSi. The summed E-state index contributed by atoms with van der Waals surface area (Å²) >= 11 is 2.38. The first-order valence-corrected chi connectivity index (χ1v) is 12.9. The van der Waals surface area contributed by atoms with Gasteiger partial charge in [0.1, 0.15) is 12.0 Å². The van der Waals surface area contributed by atoms with Crippen molar-refractivity contribution in [2.45, 2.75) is 70.1 Å². The van der Waals surface area contributed by atoms with Crippen LogP contribution in [-0.2, 0) is 0 Å². The molecule has 1 aliphatic carbocycles. The molecule has 132 valence electrons. The summed E-state index contributed by atoms with van der Waals surface area (Å²) in [5.74, 6) is 0.741. The van der Waals surface area contributed by atoms with E-state index < -0.39 is 8.32 Å². The lowest BCUT2D eigenvalue weighted by Gasteiger charge is -2.40. The molecule has 2 aromatic rings. The number of hydrogen-bond donors (Lipinski definition) is 1. The highest BCUT2D eigenvalue weighted by Crippen LogP contribution is 2.46. The van der Waals surface area contributed by atoms with Gasteiger partial charge in [0.2, 0.25) is 0 Å². The Morgan fingerprint density at radius 1 is 1.29 bits per heavy atom. The minimum absolute atomic E-state index is 0.0905. The third-order valence-electron chi connectivity index (χ3n) is 6.11. The molecule has 24 heavy (non-hydrogen) atoms. The third-order valence-corrected chi connectivity index (χ3v) is 10.5. The Balaban J connectivity index is 1.69. The van der Waals surface area contributed by atoms with Crippen LogP contribution >= 0.6 is 22.6 Å². The topological polar surface area (TPSA) is 50.9 Å². The van der Waals surface area contributed by atoms with Crippen LogP contribution < -0.4 is 0 Å². The van der Waals surface area contributed by atoms with Crippen LogP contribution in [0.1, 0.15) is 52.0 Å². The van der Waals surface area contributed by atoms with Crippen LogP contribution in [0.4, 0.5) is 0 Å². The number of rotatable bonds is 4. The summed E-state index contributed by atoms with van der Waals surface area (Å²) in [6.45, 7) is 8.66. The summed E-state index contributed by atoms with van der Waals surface area (Å²) in [5, 5.41) is 1.25. The van der Waals surface area contributed by atoms with Gasteiger partial charge in [-0.15, -0.1) is 0 Å². The van der Waals surface area contributed by atoms with Gasteiger partial charge in [-0.05, 0) is 78.7 Å². The van der Waals surface area contributed by atoms with Gasteiger partial charge in [0.05, 0.1) is 5.39 Å².